The van der Waals surface area contributed by atoms with Gasteiger partial charge in [-0.2, -0.15) is 0 Å². The van der Waals surface area contributed by atoms with Crippen molar-refractivity contribution in [2.24, 2.45) is 5.41 Å². The van der Waals surface area contributed by atoms with E-state index in [0.29, 0.717) is 5.56 Å². The van der Waals surface area contributed by atoms with Gasteiger partial charge in [-0.1, -0.05) is 25.1 Å². The molecule has 0 saturated carbocycles. The van der Waals surface area contributed by atoms with Gasteiger partial charge in [0.2, 0.25) is 15.9 Å². The Hall–Kier alpha value is -3.76. The van der Waals surface area contributed by atoms with E-state index in [1.54, 1.807) is 0 Å². The molecule has 0 fully saturated rings. The largest absolute Gasteiger partial charge is 0.481 e. The van der Waals surface area contributed by atoms with Crippen molar-refractivity contribution in [2.45, 2.75) is 57.4 Å². The molecule has 0 saturated heterocycles. The highest BCUT2D eigenvalue weighted by molar-refractivity contribution is 7.89. The number of aliphatic carboxylic acids is 1. The molecule has 2 aromatic heterocycles. The summed E-state index contributed by atoms with van der Waals surface area (Å²) in [6.07, 6.45) is -3.58. The first kappa shape index (κ1) is 33.1. The number of nitrogens with one attached hydrogen (secondary N) is 1. The molecule has 0 amide bonds. The molecule has 44 heavy (non-hydrogen) atoms. The molecule has 9 nitrogen and oxygen atoms in total. The van der Waals surface area contributed by atoms with Crippen LogP contribution in [0.1, 0.15) is 56.3 Å². The lowest BCUT2D eigenvalue weighted by Gasteiger charge is -2.17. The fraction of sp³-hybridized carbons (Fsp3) is 0.357. The van der Waals surface area contributed by atoms with E-state index >= 15 is 4.39 Å². The van der Waals surface area contributed by atoms with Crippen molar-refractivity contribution >= 4 is 27.3 Å². The van der Waals surface area contributed by atoms with Gasteiger partial charge in [-0.25, -0.2) is 40.1 Å². The zero-order chi connectivity index (χ0) is 32.4. The minimum atomic E-state index is -4.71. The summed E-state index contributed by atoms with van der Waals surface area (Å²) in [7, 11) is -4.71. The second kappa shape index (κ2) is 13.1. The third-order valence-electron chi connectivity index (χ3n) is 6.70. The minimum Gasteiger partial charge on any atom is -0.481 e. The van der Waals surface area contributed by atoms with Crippen molar-refractivity contribution in [3.8, 4) is 21.3 Å². The van der Waals surface area contributed by atoms with Gasteiger partial charge in [0.15, 0.2) is 10.8 Å². The van der Waals surface area contributed by atoms with Gasteiger partial charge in [-0.3, -0.25) is 4.79 Å². The zero-order valence-corrected chi connectivity index (χ0v) is 25.2. The van der Waals surface area contributed by atoms with Gasteiger partial charge in [0.1, 0.15) is 17.4 Å². The van der Waals surface area contributed by atoms with E-state index in [1.807, 2.05) is 4.72 Å². The Morgan fingerprint density at radius 2 is 1.80 bits per heavy atom. The van der Waals surface area contributed by atoms with Gasteiger partial charge in [0, 0.05) is 18.4 Å². The molecule has 0 radical (unpaired) electrons. The molecule has 2 aromatic carbocycles. The number of alkyl halides is 3. The highest BCUT2D eigenvalue weighted by atomic mass is 32.2. The summed E-state index contributed by atoms with van der Waals surface area (Å²) in [5.41, 5.74) is -2.15. The number of thiazole rings is 1. The number of halogens is 5. The Balaban J connectivity index is 1.85. The van der Waals surface area contributed by atoms with Gasteiger partial charge < -0.3 is 9.52 Å². The third-order valence-corrected chi connectivity index (χ3v) is 9.36. The van der Waals surface area contributed by atoms with Crippen LogP contribution in [-0.4, -0.2) is 47.4 Å². The molecule has 16 heteroatoms. The highest BCUT2D eigenvalue weighted by Crippen LogP contribution is 2.42. The first-order valence-electron chi connectivity index (χ1n) is 13.2. The predicted molar refractivity (Wildman–Crippen MR) is 150 cm³/mol. The Labute approximate surface area is 253 Å². The number of rotatable bonds is 13. The van der Waals surface area contributed by atoms with Crippen LogP contribution in [0.15, 0.2) is 45.7 Å². The SMILES string of the molecule is CC[C@@H](CF)NS(=O)(=O)c1ccc(-c2sc(-c3nnc(CC(C)(C)C(=O)O)o3)nc2Cc2ccc(F)cc2)c(C(F)F)c1F. The number of hydrogen-bond acceptors (Lipinski definition) is 8. The van der Waals surface area contributed by atoms with Crippen LogP contribution in [0.4, 0.5) is 22.0 Å². The predicted octanol–water partition coefficient (Wildman–Crippen LogP) is 6.35. The van der Waals surface area contributed by atoms with Crippen molar-refractivity contribution in [3.05, 3.63) is 70.7 Å². The van der Waals surface area contributed by atoms with E-state index in [-0.39, 0.29) is 52.2 Å². The summed E-state index contributed by atoms with van der Waals surface area (Å²) in [4.78, 5) is 14.9. The average Bonchev–Trinajstić information content (AvgIpc) is 3.59. The number of carboxylic acid groups (broad SMARTS) is 1. The molecule has 2 heterocycles. The van der Waals surface area contributed by atoms with Crippen LogP contribution in [0.2, 0.25) is 0 Å². The summed E-state index contributed by atoms with van der Waals surface area (Å²) >= 11 is 0.785. The molecule has 4 rings (SSSR count). The lowest BCUT2D eigenvalue weighted by atomic mass is 9.90. The van der Waals surface area contributed by atoms with Crippen molar-refractivity contribution in [3.63, 3.8) is 0 Å². The normalized spacial score (nSPS) is 13.0. The maximum absolute atomic E-state index is 15.6. The molecule has 0 unspecified atom stereocenters. The van der Waals surface area contributed by atoms with E-state index in [1.165, 1.54) is 45.0 Å². The van der Waals surface area contributed by atoms with Crippen molar-refractivity contribution in [2.75, 3.05) is 6.67 Å². The Morgan fingerprint density at radius 3 is 2.39 bits per heavy atom. The number of carboxylic acids is 1. The van der Waals surface area contributed by atoms with E-state index in [2.05, 4.69) is 15.2 Å². The van der Waals surface area contributed by atoms with Crippen molar-refractivity contribution in [1.29, 1.82) is 0 Å². The molecule has 4 aromatic rings. The number of benzene rings is 2. The Bertz CT molecular complexity index is 1750. The van der Waals surface area contributed by atoms with Crippen molar-refractivity contribution < 1.29 is 44.7 Å². The minimum absolute atomic E-state index is 0.0238. The van der Waals surface area contributed by atoms with Gasteiger partial charge >= 0.3 is 5.97 Å². The van der Waals surface area contributed by atoms with E-state index in [9.17, 15) is 35.9 Å². The number of aromatic nitrogens is 3. The van der Waals surface area contributed by atoms with Gasteiger partial charge in [0.05, 0.1) is 27.6 Å². The second-order valence-corrected chi connectivity index (χ2v) is 13.2. The lowest BCUT2D eigenvalue weighted by molar-refractivity contribution is -0.147. The molecule has 2 N–H and O–H groups in total. The zero-order valence-electron chi connectivity index (χ0n) is 23.6. The summed E-state index contributed by atoms with van der Waals surface area (Å²) in [6.45, 7) is 3.33. The van der Waals surface area contributed by atoms with Crippen molar-refractivity contribution in [1.82, 2.24) is 19.9 Å². The summed E-state index contributed by atoms with van der Waals surface area (Å²) in [5.74, 6) is -3.51. The van der Waals surface area contributed by atoms with Gasteiger partial charge in [-0.05, 0) is 44.0 Å². The average molecular weight is 659 g/mol. The van der Waals surface area contributed by atoms with Crippen LogP contribution in [-0.2, 0) is 27.7 Å². The van der Waals surface area contributed by atoms with Crippen LogP contribution in [0, 0.1) is 17.0 Å². The quantitative estimate of drug-likeness (QED) is 0.159. The second-order valence-electron chi connectivity index (χ2n) is 10.5. The fourth-order valence-electron chi connectivity index (χ4n) is 4.13. The number of nitrogens with zero attached hydrogens (tertiary/aromatic N) is 3. The highest BCUT2D eigenvalue weighted by Gasteiger charge is 2.33. The molecular weight excluding hydrogens is 631 g/mol. The molecule has 1 atom stereocenters. The van der Waals surface area contributed by atoms with Crippen LogP contribution < -0.4 is 4.72 Å². The molecule has 236 valence electrons. The monoisotopic (exact) mass is 658 g/mol. The molecular formula is C28H27F5N4O5S2. The maximum atomic E-state index is 15.6. The molecule has 0 aliphatic heterocycles. The third kappa shape index (κ3) is 7.13. The van der Waals surface area contributed by atoms with E-state index in [4.69, 9.17) is 4.42 Å². The van der Waals surface area contributed by atoms with Crippen LogP contribution >= 0.6 is 11.3 Å². The number of sulfonamides is 1. The standard InChI is InChI=1S/C28H27F5N4O5S2/c1-4-16(13-29)37-44(40,41)19-10-9-17(21(22(19)31)24(32)33)23-18(11-14-5-7-15(30)8-6-14)34-26(43-23)25-36-35-20(42-25)12-28(2,3)27(38)39/h5-10,16,24,37H,4,11-13H2,1-3H3,(H,38,39)/t16-/m0/s1. The number of carbonyl (C=O) groups is 1. The maximum Gasteiger partial charge on any atom is 0.309 e. The van der Waals surface area contributed by atoms with Gasteiger partial charge in [0.25, 0.3) is 12.3 Å². The number of hydrogen-bond donors (Lipinski definition) is 2. The molecule has 0 spiro atoms. The Kier molecular flexibility index (Phi) is 9.85. The first-order chi connectivity index (χ1) is 20.7. The van der Waals surface area contributed by atoms with E-state index < -0.39 is 62.6 Å². The topological polar surface area (TPSA) is 135 Å². The molecule has 0 bridgehead atoms. The lowest BCUT2D eigenvalue weighted by Crippen LogP contribution is -2.36. The van der Waals surface area contributed by atoms with Crippen LogP contribution in [0.25, 0.3) is 21.3 Å². The molecule has 0 aliphatic carbocycles. The Morgan fingerprint density at radius 1 is 1.11 bits per heavy atom. The van der Waals surface area contributed by atoms with Crippen LogP contribution in [0.5, 0.6) is 0 Å². The van der Waals surface area contributed by atoms with Gasteiger partial charge in [-0.15, -0.1) is 21.5 Å². The summed E-state index contributed by atoms with van der Waals surface area (Å²) < 4.78 is 104. The summed E-state index contributed by atoms with van der Waals surface area (Å²) in [6, 6.07) is 5.91. The first-order valence-corrected chi connectivity index (χ1v) is 15.5. The van der Waals surface area contributed by atoms with Crippen LogP contribution in [0.3, 0.4) is 0 Å². The molecule has 0 aliphatic rings. The fourth-order valence-corrected chi connectivity index (χ4v) is 6.56. The summed E-state index contributed by atoms with van der Waals surface area (Å²) in [5, 5.41) is 17.2. The van der Waals surface area contributed by atoms with E-state index in [0.717, 1.165) is 23.5 Å². The smallest absolute Gasteiger partial charge is 0.309 e.